The molecule has 0 aliphatic carbocycles. The van der Waals surface area contributed by atoms with E-state index in [2.05, 4.69) is 21.2 Å². The third kappa shape index (κ3) is 4.71. The highest BCUT2D eigenvalue weighted by Crippen LogP contribution is 2.28. The van der Waals surface area contributed by atoms with Crippen molar-refractivity contribution < 1.29 is 13.2 Å². The lowest BCUT2D eigenvalue weighted by Gasteiger charge is -2.31. The Bertz CT molecular complexity index is 948. The molecule has 0 spiro atoms. The predicted octanol–water partition coefficient (Wildman–Crippen LogP) is 4.45. The van der Waals surface area contributed by atoms with E-state index in [4.69, 9.17) is 11.6 Å². The molecule has 1 aliphatic heterocycles. The Morgan fingerprint density at radius 1 is 1.22 bits per heavy atom. The molecule has 0 saturated carbocycles. The van der Waals surface area contributed by atoms with Crippen molar-refractivity contribution in [1.29, 1.82) is 0 Å². The normalized spacial score (nSPS) is 18.3. The lowest BCUT2D eigenvalue weighted by molar-refractivity contribution is -0.120. The number of piperidine rings is 1. The summed E-state index contributed by atoms with van der Waals surface area (Å²) in [6, 6.07) is 11.8. The van der Waals surface area contributed by atoms with E-state index in [9.17, 15) is 13.2 Å². The molecule has 5 nitrogen and oxygen atoms in total. The third-order valence-electron chi connectivity index (χ3n) is 4.59. The maximum absolute atomic E-state index is 12.9. The molecular formula is C19H20BrClN2O3S. The summed E-state index contributed by atoms with van der Waals surface area (Å²) in [7, 11) is -3.65. The fraction of sp³-hybridized carbons (Fsp3) is 0.316. The predicted molar refractivity (Wildman–Crippen MR) is 110 cm³/mol. The molecule has 0 aromatic heterocycles. The first-order chi connectivity index (χ1) is 12.8. The minimum Gasteiger partial charge on any atom is -0.325 e. The van der Waals surface area contributed by atoms with Crippen LogP contribution in [0.15, 0.2) is 51.8 Å². The van der Waals surface area contributed by atoms with Crippen LogP contribution in [0.3, 0.4) is 0 Å². The molecule has 0 bridgehead atoms. The van der Waals surface area contributed by atoms with Crippen molar-refractivity contribution >= 4 is 49.1 Å². The summed E-state index contributed by atoms with van der Waals surface area (Å²) in [6.45, 7) is 2.54. The van der Waals surface area contributed by atoms with Crippen LogP contribution in [-0.2, 0) is 14.8 Å². The zero-order valence-electron chi connectivity index (χ0n) is 14.8. The molecule has 1 saturated heterocycles. The second-order valence-corrected chi connectivity index (χ2v) is 9.86. The van der Waals surface area contributed by atoms with Gasteiger partial charge < -0.3 is 5.32 Å². The molecule has 8 heteroatoms. The van der Waals surface area contributed by atoms with Crippen molar-refractivity contribution in [2.75, 3.05) is 18.4 Å². The number of nitrogens with zero attached hydrogens (tertiary/aromatic N) is 1. The molecule has 144 valence electrons. The quantitative estimate of drug-likeness (QED) is 0.716. The summed E-state index contributed by atoms with van der Waals surface area (Å²) in [5, 5.41) is 3.38. The maximum Gasteiger partial charge on any atom is 0.243 e. The summed E-state index contributed by atoms with van der Waals surface area (Å²) < 4.78 is 27.9. The van der Waals surface area contributed by atoms with E-state index in [1.807, 2.05) is 25.1 Å². The number of amides is 1. The van der Waals surface area contributed by atoms with Crippen molar-refractivity contribution in [3.8, 4) is 0 Å². The lowest BCUT2D eigenvalue weighted by Crippen LogP contribution is -2.43. The van der Waals surface area contributed by atoms with E-state index in [0.29, 0.717) is 30.1 Å². The van der Waals surface area contributed by atoms with Gasteiger partial charge in [-0.1, -0.05) is 17.7 Å². The molecule has 3 rings (SSSR count). The number of anilines is 1. The number of nitrogens with one attached hydrogen (secondary N) is 1. The minimum atomic E-state index is -3.65. The van der Waals surface area contributed by atoms with Gasteiger partial charge >= 0.3 is 0 Å². The molecule has 1 aliphatic rings. The highest BCUT2D eigenvalue weighted by molar-refractivity contribution is 9.10. The number of halogens is 2. The number of benzene rings is 2. The zero-order valence-corrected chi connectivity index (χ0v) is 17.9. The Kier molecular flexibility index (Phi) is 6.25. The third-order valence-corrected chi connectivity index (χ3v) is 7.38. The van der Waals surface area contributed by atoms with Gasteiger partial charge in [0.25, 0.3) is 0 Å². The van der Waals surface area contributed by atoms with Gasteiger partial charge in [-0.15, -0.1) is 0 Å². The number of aryl methyl sites for hydroxylation is 1. The topological polar surface area (TPSA) is 66.5 Å². The standard InChI is InChI=1S/C19H20BrClN2O3S/c1-13-4-9-18(17(20)11-13)22-19(24)14-3-2-10-23(12-14)27(25,26)16-7-5-15(21)6-8-16/h4-9,11,14H,2-3,10,12H2,1H3,(H,22,24). The van der Waals surface area contributed by atoms with Crippen LogP contribution in [-0.4, -0.2) is 31.7 Å². The molecule has 0 radical (unpaired) electrons. The van der Waals surface area contributed by atoms with Gasteiger partial charge in [-0.3, -0.25) is 4.79 Å². The summed E-state index contributed by atoms with van der Waals surface area (Å²) in [5.41, 5.74) is 1.76. The highest BCUT2D eigenvalue weighted by atomic mass is 79.9. The molecule has 1 heterocycles. The number of hydrogen-bond donors (Lipinski definition) is 1. The Hall–Kier alpha value is -1.41. The van der Waals surface area contributed by atoms with E-state index in [1.54, 1.807) is 12.1 Å². The van der Waals surface area contributed by atoms with Gasteiger partial charge in [0.2, 0.25) is 15.9 Å². The van der Waals surface area contributed by atoms with Crippen LogP contribution in [0.4, 0.5) is 5.69 Å². The molecule has 2 aromatic carbocycles. The van der Waals surface area contributed by atoms with E-state index in [0.717, 1.165) is 10.0 Å². The molecule has 1 unspecified atom stereocenters. The van der Waals surface area contributed by atoms with Crippen molar-refractivity contribution in [3.05, 3.63) is 57.5 Å². The number of rotatable bonds is 4. The summed E-state index contributed by atoms with van der Waals surface area (Å²) in [6.07, 6.45) is 1.29. The smallest absolute Gasteiger partial charge is 0.243 e. The number of hydrogen-bond acceptors (Lipinski definition) is 3. The fourth-order valence-corrected chi connectivity index (χ4v) is 5.33. The highest BCUT2D eigenvalue weighted by Gasteiger charge is 2.33. The fourth-order valence-electron chi connectivity index (χ4n) is 3.09. The Labute approximate surface area is 172 Å². The lowest BCUT2D eigenvalue weighted by atomic mass is 9.98. The van der Waals surface area contributed by atoms with E-state index in [-0.39, 0.29) is 17.3 Å². The Balaban J connectivity index is 1.73. The molecular weight excluding hydrogens is 452 g/mol. The van der Waals surface area contributed by atoms with Crippen molar-refractivity contribution in [2.45, 2.75) is 24.7 Å². The van der Waals surface area contributed by atoms with E-state index >= 15 is 0 Å². The Morgan fingerprint density at radius 3 is 2.59 bits per heavy atom. The average molecular weight is 472 g/mol. The Morgan fingerprint density at radius 2 is 1.93 bits per heavy atom. The van der Waals surface area contributed by atoms with Gasteiger partial charge in [-0.2, -0.15) is 4.31 Å². The second kappa shape index (κ2) is 8.31. The second-order valence-electron chi connectivity index (χ2n) is 6.63. The van der Waals surface area contributed by atoms with Gasteiger partial charge in [-0.05, 0) is 77.7 Å². The maximum atomic E-state index is 12.9. The summed E-state index contributed by atoms with van der Waals surface area (Å²) >= 11 is 9.29. The van der Waals surface area contributed by atoms with Crippen LogP contribution < -0.4 is 5.32 Å². The molecule has 2 aromatic rings. The van der Waals surface area contributed by atoms with Gasteiger partial charge in [0.1, 0.15) is 0 Å². The first kappa shape index (κ1) is 20.3. The van der Waals surface area contributed by atoms with Crippen LogP contribution in [0.1, 0.15) is 18.4 Å². The molecule has 27 heavy (non-hydrogen) atoms. The van der Waals surface area contributed by atoms with E-state index < -0.39 is 15.9 Å². The molecule has 1 atom stereocenters. The summed E-state index contributed by atoms with van der Waals surface area (Å²) in [4.78, 5) is 12.9. The first-order valence-corrected chi connectivity index (χ1v) is 11.2. The molecule has 1 fully saturated rings. The summed E-state index contributed by atoms with van der Waals surface area (Å²) in [5.74, 6) is -0.565. The van der Waals surface area contributed by atoms with Gasteiger partial charge in [0, 0.05) is 22.6 Å². The first-order valence-electron chi connectivity index (χ1n) is 8.60. The van der Waals surface area contributed by atoms with Crippen LogP contribution >= 0.6 is 27.5 Å². The minimum absolute atomic E-state index is 0.167. The molecule has 1 amide bonds. The van der Waals surface area contributed by atoms with Crippen molar-refractivity contribution in [1.82, 2.24) is 4.31 Å². The average Bonchev–Trinajstić information content (AvgIpc) is 2.64. The molecule has 1 N–H and O–H groups in total. The van der Waals surface area contributed by atoms with Crippen molar-refractivity contribution in [2.24, 2.45) is 5.92 Å². The number of carbonyl (C=O) groups excluding carboxylic acids is 1. The largest absolute Gasteiger partial charge is 0.325 e. The van der Waals surface area contributed by atoms with Crippen LogP contribution in [0.2, 0.25) is 5.02 Å². The monoisotopic (exact) mass is 470 g/mol. The SMILES string of the molecule is Cc1ccc(NC(=O)C2CCCN(S(=O)(=O)c3ccc(Cl)cc3)C2)c(Br)c1. The van der Waals surface area contributed by atoms with Gasteiger partial charge in [0.05, 0.1) is 16.5 Å². The number of carbonyl (C=O) groups is 1. The van der Waals surface area contributed by atoms with Gasteiger partial charge in [0.15, 0.2) is 0 Å². The van der Waals surface area contributed by atoms with Gasteiger partial charge in [-0.25, -0.2) is 8.42 Å². The zero-order chi connectivity index (χ0) is 19.6. The number of sulfonamides is 1. The van der Waals surface area contributed by atoms with Crippen molar-refractivity contribution in [3.63, 3.8) is 0 Å². The van der Waals surface area contributed by atoms with Crippen LogP contribution in [0.25, 0.3) is 0 Å². The van der Waals surface area contributed by atoms with Crippen LogP contribution in [0, 0.1) is 12.8 Å². The van der Waals surface area contributed by atoms with E-state index in [1.165, 1.54) is 16.4 Å². The van der Waals surface area contributed by atoms with Crippen LogP contribution in [0.5, 0.6) is 0 Å².